The summed E-state index contributed by atoms with van der Waals surface area (Å²) in [5, 5.41) is 8.39. The van der Waals surface area contributed by atoms with Crippen molar-refractivity contribution in [2.24, 2.45) is 11.7 Å². The Morgan fingerprint density at radius 3 is 2.79 bits per heavy atom. The predicted molar refractivity (Wildman–Crippen MR) is 97.0 cm³/mol. The second-order valence-electron chi connectivity index (χ2n) is 6.68. The minimum Gasteiger partial charge on any atom is -0.490 e. The fourth-order valence-corrected chi connectivity index (χ4v) is 2.86. The van der Waals surface area contributed by atoms with E-state index in [1.807, 2.05) is 25.3 Å². The zero-order valence-electron chi connectivity index (χ0n) is 14.4. The number of fused-ring (bicyclic) bond motifs is 1. The first-order valence-corrected chi connectivity index (χ1v) is 8.31. The number of nitrogens with one attached hydrogen (secondary N) is 1. The number of benzene rings is 1. The second kappa shape index (κ2) is 7.01. The highest BCUT2D eigenvalue weighted by Crippen LogP contribution is 2.27. The van der Waals surface area contributed by atoms with Gasteiger partial charge in [0.2, 0.25) is 0 Å². The van der Waals surface area contributed by atoms with Crippen LogP contribution in [-0.4, -0.2) is 27.8 Å². The van der Waals surface area contributed by atoms with Crippen molar-refractivity contribution in [2.75, 3.05) is 6.61 Å². The fourth-order valence-electron chi connectivity index (χ4n) is 2.86. The molecule has 0 radical (unpaired) electrons. The van der Waals surface area contributed by atoms with Crippen molar-refractivity contribution in [1.29, 1.82) is 0 Å². The van der Waals surface area contributed by atoms with Crippen molar-refractivity contribution in [2.45, 2.75) is 33.2 Å². The van der Waals surface area contributed by atoms with Gasteiger partial charge in [0.15, 0.2) is 0 Å². The number of aromatic amines is 1. The average molecular weight is 324 g/mol. The number of H-pyrrole nitrogens is 1. The molecule has 0 bridgehead atoms. The van der Waals surface area contributed by atoms with E-state index in [-0.39, 0.29) is 6.04 Å². The van der Waals surface area contributed by atoms with Crippen molar-refractivity contribution in [3.8, 4) is 16.9 Å². The summed E-state index contributed by atoms with van der Waals surface area (Å²) >= 11 is 0. The van der Waals surface area contributed by atoms with Crippen molar-refractivity contribution >= 4 is 10.9 Å². The summed E-state index contributed by atoms with van der Waals surface area (Å²) in [4.78, 5) is 4.30. The second-order valence-corrected chi connectivity index (χ2v) is 6.68. The van der Waals surface area contributed by atoms with E-state index in [4.69, 9.17) is 10.5 Å². The van der Waals surface area contributed by atoms with E-state index < -0.39 is 0 Å². The lowest BCUT2D eigenvalue weighted by Crippen LogP contribution is -2.29. The van der Waals surface area contributed by atoms with Gasteiger partial charge in [-0.1, -0.05) is 19.9 Å². The van der Waals surface area contributed by atoms with Gasteiger partial charge in [-0.05, 0) is 43.0 Å². The minimum atomic E-state index is 0.0404. The number of rotatable bonds is 6. The van der Waals surface area contributed by atoms with Gasteiger partial charge in [0.1, 0.15) is 12.4 Å². The molecule has 0 unspecified atom stereocenters. The van der Waals surface area contributed by atoms with E-state index in [9.17, 15) is 0 Å². The quantitative estimate of drug-likeness (QED) is 0.725. The van der Waals surface area contributed by atoms with Gasteiger partial charge >= 0.3 is 0 Å². The number of aryl methyl sites for hydroxylation is 1. The molecule has 126 valence electrons. The van der Waals surface area contributed by atoms with Gasteiger partial charge in [-0.25, -0.2) is 0 Å². The molecule has 0 amide bonds. The van der Waals surface area contributed by atoms with Gasteiger partial charge in [0.05, 0.1) is 17.4 Å². The van der Waals surface area contributed by atoms with Crippen LogP contribution in [0.3, 0.4) is 0 Å². The monoisotopic (exact) mass is 324 g/mol. The first kappa shape index (κ1) is 16.5. The van der Waals surface area contributed by atoms with E-state index in [2.05, 4.69) is 41.2 Å². The van der Waals surface area contributed by atoms with Gasteiger partial charge in [0, 0.05) is 23.2 Å². The fraction of sp³-hybridized carbons (Fsp3) is 0.368. The van der Waals surface area contributed by atoms with Crippen LogP contribution in [0.15, 0.2) is 36.7 Å². The summed E-state index contributed by atoms with van der Waals surface area (Å²) < 4.78 is 5.82. The third kappa shape index (κ3) is 3.74. The molecule has 0 saturated heterocycles. The zero-order chi connectivity index (χ0) is 17.1. The Balaban J connectivity index is 1.77. The number of nitrogens with two attached hydrogens (primary N) is 1. The van der Waals surface area contributed by atoms with Gasteiger partial charge in [-0.3, -0.25) is 10.1 Å². The molecule has 5 heteroatoms. The molecule has 0 aliphatic heterocycles. The van der Waals surface area contributed by atoms with Crippen LogP contribution in [-0.2, 0) is 0 Å². The Morgan fingerprint density at radius 1 is 1.17 bits per heavy atom. The van der Waals surface area contributed by atoms with Crippen LogP contribution in [0.4, 0.5) is 0 Å². The molecule has 2 aromatic heterocycles. The molecule has 1 atom stereocenters. The van der Waals surface area contributed by atoms with Crippen LogP contribution in [0.25, 0.3) is 22.0 Å². The summed E-state index contributed by atoms with van der Waals surface area (Å²) in [7, 11) is 0. The number of nitrogens with zero attached hydrogens (tertiary/aromatic N) is 2. The van der Waals surface area contributed by atoms with Crippen molar-refractivity contribution in [3.05, 3.63) is 42.4 Å². The molecule has 5 nitrogen and oxygen atoms in total. The summed E-state index contributed by atoms with van der Waals surface area (Å²) in [5.41, 5.74) is 10.2. The first-order valence-electron chi connectivity index (χ1n) is 8.31. The zero-order valence-corrected chi connectivity index (χ0v) is 14.4. The number of hydrogen-bond acceptors (Lipinski definition) is 4. The molecule has 24 heavy (non-hydrogen) atoms. The van der Waals surface area contributed by atoms with Gasteiger partial charge in [-0.15, -0.1) is 0 Å². The van der Waals surface area contributed by atoms with E-state index in [0.717, 1.165) is 39.9 Å². The molecule has 3 rings (SSSR count). The highest BCUT2D eigenvalue weighted by Gasteiger charge is 2.08. The highest BCUT2D eigenvalue weighted by molar-refractivity contribution is 5.86. The van der Waals surface area contributed by atoms with Crippen LogP contribution in [0.5, 0.6) is 5.75 Å². The van der Waals surface area contributed by atoms with Crippen molar-refractivity contribution < 1.29 is 4.74 Å². The molecule has 0 aliphatic carbocycles. The van der Waals surface area contributed by atoms with Crippen molar-refractivity contribution in [3.63, 3.8) is 0 Å². The Hall–Kier alpha value is -2.40. The number of hydrogen-bond donors (Lipinski definition) is 2. The maximum atomic E-state index is 6.08. The molecule has 3 N–H and O–H groups in total. The van der Waals surface area contributed by atoms with E-state index in [1.165, 1.54) is 0 Å². The predicted octanol–water partition coefficient (Wildman–Crippen LogP) is 3.69. The summed E-state index contributed by atoms with van der Waals surface area (Å²) in [5.74, 6) is 1.31. The summed E-state index contributed by atoms with van der Waals surface area (Å²) in [6.07, 6.45) is 4.52. The molecule has 1 aromatic carbocycles. The van der Waals surface area contributed by atoms with E-state index in [1.54, 1.807) is 6.20 Å². The first-order chi connectivity index (χ1) is 11.5. The Kier molecular flexibility index (Phi) is 4.81. The number of pyridine rings is 1. The van der Waals surface area contributed by atoms with Gasteiger partial charge < -0.3 is 10.5 Å². The van der Waals surface area contributed by atoms with Crippen LogP contribution >= 0.6 is 0 Å². The number of aromatic nitrogens is 3. The lowest BCUT2D eigenvalue weighted by molar-refractivity contribution is 0.270. The third-order valence-electron chi connectivity index (χ3n) is 4.04. The normalized spacial score (nSPS) is 12.7. The molecular weight excluding hydrogens is 300 g/mol. The van der Waals surface area contributed by atoms with Gasteiger partial charge in [-0.2, -0.15) is 5.10 Å². The lowest BCUT2D eigenvalue weighted by Gasteiger charge is -2.15. The van der Waals surface area contributed by atoms with Crippen LogP contribution in [0, 0.1) is 12.8 Å². The maximum Gasteiger partial charge on any atom is 0.138 e. The largest absolute Gasteiger partial charge is 0.490 e. The molecule has 2 heterocycles. The van der Waals surface area contributed by atoms with Crippen molar-refractivity contribution in [1.82, 2.24) is 15.2 Å². The summed E-state index contributed by atoms with van der Waals surface area (Å²) in [6.45, 7) is 6.83. The average Bonchev–Trinajstić information content (AvgIpc) is 2.93. The van der Waals surface area contributed by atoms with Crippen LogP contribution < -0.4 is 10.5 Å². The molecular formula is C19H24N4O. The Morgan fingerprint density at radius 2 is 2.00 bits per heavy atom. The topological polar surface area (TPSA) is 76.8 Å². The smallest absolute Gasteiger partial charge is 0.138 e. The number of ether oxygens (including phenoxy) is 1. The lowest BCUT2D eigenvalue weighted by atomic mass is 10.0. The molecule has 0 fully saturated rings. The van der Waals surface area contributed by atoms with E-state index in [0.29, 0.717) is 12.5 Å². The van der Waals surface area contributed by atoms with E-state index >= 15 is 0 Å². The van der Waals surface area contributed by atoms with Gasteiger partial charge in [0.25, 0.3) is 0 Å². The molecule has 0 saturated carbocycles. The van der Waals surface area contributed by atoms with Crippen LogP contribution in [0.1, 0.15) is 26.0 Å². The molecule has 3 aromatic rings. The Labute approximate surface area is 142 Å². The summed E-state index contributed by atoms with van der Waals surface area (Å²) in [6, 6.07) is 8.27. The highest BCUT2D eigenvalue weighted by atomic mass is 16.5. The minimum absolute atomic E-state index is 0.0404. The third-order valence-corrected chi connectivity index (χ3v) is 4.04. The Bertz CT molecular complexity index is 825. The van der Waals surface area contributed by atoms with Crippen LogP contribution in [0.2, 0.25) is 0 Å². The molecule has 0 spiro atoms. The standard InChI is InChI=1S/C19H24N4O/c1-12(2)6-16(20)11-24-17-7-15(9-21-10-17)14-4-5-19-18(8-14)13(3)22-23-19/h4-5,7-10,12,16H,6,11,20H2,1-3H3,(H,22,23)/t16-/m0/s1. The maximum absolute atomic E-state index is 6.08. The SMILES string of the molecule is Cc1n[nH]c2ccc(-c3cncc(OC[C@@H](N)CC(C)C)c3)cc12. The molecule has 0 aliphatic rings.